The van der Waals surface area contributed by atoms with Crippen molar-refractivity contribution >= 4 is 48.6 Å². The average molecular weight is 841 g/mol. The number of halogens is 2. The van der Waals surface area contributed by atoms with Gasteiger partial charge in [-0.2, -0.15) is 0 Å². The number of rotatable bonds is 24. The van der Waals surface area contributed by atoms with E-state index in [1.54, 1.807) is 0 Å². The predicted molar refractivity (Wildman–Crippen MR) is 169 cm³/mol. The molecule has 0 unspecified atom stereocenters. The average Bonchev–Trinajstić information content (AvgIpc) is 2.91. The number of carbonyl (C=O) groups excluding carboxylic acids is 3. The Morgan fingerprint density at radius 3 is 1.60 bits per heavy atom. The van der Waals surface area contributed by atoms with Crippen molar-refractivity contribution in [3.05, 3.63) is 24.5 Å². The Bertz CT molecular complexity index is 706. The van der Waals surface area contributed by atoms with Gasteiger partial charge in [0.2, 0.25) is 11.8 Å². The summed E-state index contributed by atoms with van der Waals surface area (Å²) in [4.78, 5) is 52.8. The number of nitrogens with two attached hydrogens (primary N) is 3. The van der Waals surface area contributed by atoms with Crippen LogP contribution in [0.15, 0.2) is 12.2 Å². The van der Waals surface area contributed by atoms with Crippen LogP contribution in [0.3, 0.4) is 0 Å². The summed E-state index contributed by atoms with van der Waals surface area (Å²) in [5.41, 5.74) is 4.64. The van der Waals surface area contributed by atoms with Crippen LogP contribution in [-0.4, -0.2) is 53.1 Å². The van der Waals surface area contributed by atoms with Gasteiger partial charge in [0.15, 0.2) is 0 Å². The Morgan fingerprint density at radius 2 is 1.16 bits per heavy atom. The van der Waals surface area contributed by atoms with Crippen LogP contribution in [0.5, 0.6) is 0 Å². The second kappa shape index (κ2) is 42.4. The minimum absolute atomic E-state index is 0. The van der Waals surface area contributed by atoms with Gasteiger partial charge < -0.3 is 38.3 Å². The maximum Gasteiger partial charge on any atom is -0.693 e. The summed E-state index contributed by atoms with van der Waals surface area (Å²) in [6, 6.07) is 0. The molecule has 0 heterocycles. The van der Waals surface area contributed by atoms with Crippen molar-refractivity contribution in [3.8, 4) is 0 Å². The van der Waals surface area contributed by atoms with Crippen molar-refractivity contribution in [2.45, 2.75) is 122 Å². The molecular weight excluding hydrogens is 786 g/mol. The molecule has 2 amide bonds. The van der Waals surface area contributed by atoms with Gasteiger partial charge in [0.25, 0.3) is 0 Å². The fourth-order valence-corrected chi connectivity index (χ4v) is 3.31. The molecule has 0 aromatic rings. The molecule has 9 N–H and O–H groups in total. The van der Waals surface area contributed by atoms with E-state index >= 15 is 0 Å². The first-order chi connectivity index (χ1) is 19.6. The van der Waals surface area contributed by atoms with E-state index in [2.05, 4.69) is 30.1 Å². The molecule has 0 spiro atoms. The van der Waals surface area contributed by atoms with Crippen LogP contribution in [-0.2, 0) is 45.2 Å². The van der Waals surface area contributed by atoms with Crippen molar-refractivity contribution < 1.29 is 55.4 Å². The zero-order chi connectivity index (χ0) is 31.6. The summed E-state index contributed by atoms with van der Waals surface area (Å²) >= 11 is -0.472. The normalized spacial score (nSPS) is 9.74. The van der Waals surface area contributed by atoms with E-state index in [4.69, 9.17) is 33.8 Å². The third-order valence-corrected chi connectivity index (χ3v) is 5.48. The SMILES string of the molecule is CCCCCCCC/C=C\CCCCCCCC(=O)OCCNC(=O)CCC(=O)O.NC(=O)CCC(=O)O.[Cl][Pt+2][Cl].[NH2-].[NH2-]. The standard InChI is InChI=1S/C24H43NO5.C4H7NO3.2ClH.2H2N.Pt/c1-2-3-4-5-6-7-8-9-10-11-12-13-14-15-16-17-24(29)30-21-20-25-22(26)18-19-23(27)28;5-3(6)1-2-4(7)8;;;;;/h9-10H,2-8,11-21H2,1H3,(H,25,26)(H,27,28);1-2H2,(H2,5,6)(H,7,8);2*1H;2*1H2;/q;;;;2*-1;+4/p-2/b10-9-;;;;;;. The van der Waals surface area contributed by atoms with E-state index in [0.29, 0.717) is 6.42 Å². The fourth-order valence-electron chi connectivity index (χ4n) is 3.31. The second-order valence-corrected chi connectivity index (χ2v) is 12.5. The predicted octanol–water partition coefficient (Wildman–Crippen LogP) is 7.70. The van der Waals surface area contributed by atoms with E-state index < -0.39 is 34.3 Å². The molecule has 258 valence electrons. The molecule has 12 nitrogen and oxygen atoms in total. The van der Waals surface area contributed by atoms with Gasteiger partial charge in [0.05, 0.1) is 19.4 Å². The van der Waals surface area contributed by atoms with Crippen molar-refractivity contribution in [2.75, 3.05) is 13.2 Å². The van der Waals surface area contributed by atoms with Crippen LogP contribution in [0.1, 0.15) is 122 Å². The maximum atomic E-state index is 11.6. The molecule has 0 aliphatic carbocycles. The number of amides is 2. The summed E-state index contributed by atoms with van der Waals surface area (Å²) < 4.78 is 5.06. The number of allylic oxidation sites excluding steroid dienone is 2. The van der Waals surface area contributed by atoms with Crippen molar-refractivity contribution in [3.63, 3.8) is 0 Å². The van der Waals surface area contributed by atoms with E-state index in [0.717, 1.165) is 25.7 Å². The number of hydrogen-bond acceptors (Lipinski definition) is 6. The van der Waals surface area contributed by atoms with Crippen LogP contribution >= 0.6 is 18.8 Å². The Balaban J connectivity index is -0.000000314. The molecule has 0 bridgehead atoms. The summed E-state index contributed by atoms with van der Waals surface area (Å²) in [5.74, 6) is -3.16. The van der Waals surface area contributed by atoms with Gasteiger partial charge in [-0.25, -0.2) is 0 Å². The van der Waals surface area contributed by atoms with Gasteiger partial charge >= 0.3 is 53.2 Å². The Hall–Kier alpha value is -1.72. The molecule has 0 saturated heterocycles. The number of hydrogen-bond donors (Lipinski definition) is 4. The van der Waals surface area contributed by atoms with Gasteiger partial charge in [-0.1, -0.05) is 70.4 Å². The molecule has 0 aliphatic rings. The van der Waals surface area contributed by atoms with Crippen LogP contribution in [0.4, 0.5) is 0 Å². The van der Waals surface area contributed by atoms with Crippen LogP contribution in [0, 0.1) is 0 Å². The number of nitrogens with one attached hydrogen (secondary N) is 1. The molecule has 0 saturated carbocycles. The first-order valence-corrected chi connectivity index (χ1v) is 19.8. The number of ether oxygens (including phenoxy) is 1. The Kier molecular flexibility index (Phi) is 50.2. The monoisotopic (exact) mass is 839 g/mol. The first-order valence-electron chi connectivity index (χ1n) is 14.2. The quantitative estimate of drug-likeness (QED) is 0.0426. The molecule has 0 aromatic heterocycles. The van der Waals surface area contributed by atoms with Crippen LogP contribution in [0.25, 0.3) is 12.3 Å². The third-order valence-electron chi connectivity index (χ3n) is 5.48. The Morgan fingerprint density at radius 1 is 0.721 bits per heavy atom. The number of aliphatic carboxylic acids is 2. The minimum Gasteiger partial charge on any atom is -0.693 e. The van der Waals surface area contributed by atoms with Crippen molar-refractivity contribution in [2.24, 2.45) is 5.73 Å². The van der Waals surface area contributed by atoms with E-state index in [1.165, 1.54) is 57.8 Å². The Labute approximate surface area is 274 Å². The minimum atomic E-state index is -1.00. The van der Waals surface area contributed by atoms with E-state index in [9.17, 15) is 24.0 Å². The van der Waals surface area contributed by atoms with E-state index in [-0.39, 0.29) is 63.0 Å². The van der Waals surface area contributed by atoms with Crippen molar-refractivity contribution in [1.82, 2.24) is 5.32 Å². The van der Waals surface area contributed by atoms with Gasteiger partial charge in [-0.15, -0.1) is 0 Å². The first kappa shape index (κ1) is 50.9. The molecule has 0 rings (SSSR count). The van der Waals surface area contributed by atoms with Crippen LogP contribution < -0.4 is 11.1 Å². The van der Waals surface area contributed by atoms with Gasteiger partial charge in [-0.3, -0.25) is 24.0 Å². The third kappa shape index (κ3) is 56.6. The zero-order valence-electron chi connectivity index (χ0n) is 25.4. The topological polar surface area (TPSA) is 240 Å². The number of carboxylic acid groups (broad SMARTS) is 2. The van der Waals surface area contributed by atoms with Crippen LogP contribution in [0.2, 0.25) is 0 Å². The molecule has 0 fully saturated rings. The number of unbranched alkanes of at least 4 members (excludes halogenated alkanes) is 11. The fraction of sp³-hybridized carbons (Fsp3) is 0.750. The van der Waals surface area contributed by atoms with Gasteiger partial charge in [0.1, 0.15) is 6.61 Å². The zero-order valence-corrected chi connectivity index (χ0v) is 29.2. The number of carbonyl (C=O) groups is 5. The summed E-state index contributed by atoms with van der Waals surface area (Å²) in [7, 11) is 9.75. The van der Waals surface area contributed by atoms with Crippen molar-refractivity contribution in [1.29, 1.82) is 0 Å². The summed E-state index contributed by atoms with van der Waals surface area (Å²) in [6.45, 7) is 2.60. The van der Waals surface area contributed by atoms with Gasteiger partial charge in [0, 0.05) is 19.3 Å². The molecule has 15 heteroatoms. The molecule has 0 radical (unpaired) electrons. The molecule has 43 heavy (non-hydrogen) atoms. The molecule has 0 aliphatic heterocycles. The summed E-state index contributed by atoms with van der Waals surface area (Å²) in [6.07, 6.45) is 20.4. The van der Waals surface area contributed by atoms with Gasteiger partial charge in [-0.05, 0) is 32.1 Å². The number of carboxylic acids is 2. The molecule has 0 aromatic carbocycles. The largest absolute Gasteiger partial charge is 0.693 e. The smallest absolute Gasteiger partial charge is 0.693 e. The number of esters is 1. The summed E-state index contributed by atoms with van der Waals surface area (Å²) in [5, 5.41) is 19.0. The second-order valence-electron chi connectivity index (χ2n) is 9.20. The number of primary amides is 1. The molecular formula is C28H54Cl2N4O8Pt. The van der Waals surface area contributed by atoms with E-state index in [1.807, 2.05) is 0 Å². The molecule has 0 atom stereocenters. The maximum absolute atomic E-state index is 11.6.